The van der Waals surface area contributed by atoms with Gasteiger partial charge in [0.15, 0.2) is 11.6 Å². The minimum atomic E-state index is -0.599. The van der Waals surface area contributed by atoms with Crippen LogP contribution in [0.4, 0.5) is 19.7 Å². The number of piperazine rings is 1. The fraction of sp³-hybridized carbons (Fsp3) is 0.448. The molecule has 2 N–H and O–H groups in total. The highest BCUT2D eigenvalue weighted by molar-refractivity contribution is 7.23. The SMILES string of the molecule is N#Cc1c(N)sc2c(F)cnc(-c3c4c(c5cnc(N6CC[C@@H](N7CCN(C8CC8)CC7)C6)nc5c3F)COC4)c12. The Balaban J connectivity index is 1.18. The van der Waals surface area contributed by atoms with E-state index in [1.807, 2.05) is 0 Å². The first-order chi connectivity index (χ1) is 20.0. The lowest BCUT2D eigenvalue weighted by Crippen LogP contribution is -2.51. The number of hydrogen-bond acceptors (Lipinski definition) is 10. The van der Waals surface area contributed by atoms with Gasteiger partial charge in [-0.1, -0.05) is 0 Å². The molecular weight excluding hydrogens is 546 g/mol. The summed E-state index contributed by atoms with van der Waals surface area (Å²) in [6, 6.07) is 3.29. The number of anilines is 2. The maximum Gasteiger partial charge on any atom is 0.226 e. The van der Waals surface area contributed by atoms with Crippen molar-refractivity contribution in [1.29, 1.82) is 5.26 Å². The van der Waals surface area contributed by atoms with E-state index in [2.05, 4.69) is 30.7 Å². The van der Waals surface area contributed by atoms with Crippen LogP contribution in [-0.4, -0.2) is 76.1 Å². The van der Waals surface area contributed by atoms with Crippen LogP contribution in [0.15, 0.2) is 12.4 Å². The zero-order chi connectivity index (χ0) is 27.8. The normalized spacial score (nSPS) is 21.7. The number of nitrogens with two attached hydrogens (primary N) is 1. The fourth-order valence-corrected chi connectivity index (χ4v) is 7.74. The number of halogens is 2. The molecule has 4 aromatic rings. The third-order valence-electron chi connectivity index (χ3n) is 9.11. The van der Waals surface area contributed by atoms with Crippen LogP contribution in [0, 0.1) is 23.0 Å². The highest BCUT2D eigenvalue weighted by Gasteiger charge is 2.36. The van der Waals surface area contributed by atoms with E-state index >= 15 is 4.39 Å². The number of nitriles is 1. The summed E-state index contributed by atoms with van der Waals surface area (Å²) < 4.78 is 37.2. The minimum absolute atomic E-state index is 0.101. The lowest BCUT2D eigenvalue weighted by atomic mass is 9.94. The Morgan fingerprint density at radius 1 is 0.976 bits per heavy atom. The summed E-state index contributed by atoms with van der Waals surface area (Å²) in [6.45, 7) is 6.47. The van der Waals surface area contributed by atoms with Crippen LogP contribution in [0.2, 0.25) is 0 Å². The number of thiophene rings is 1. The molecule has 6 heterocycles. The number of hydrogen-bond donors (Lipinski definition) is 1. The topological polar surface area (TPSA) is 107 Å². The van der Waals surface area contributed by atoms with Gasteiger partial charge in [-0.25, -0.2) is 18.7 Å². The Bertz CT molecular complexity index is 1760. The molecule has 0 radical (unpaired) electrons. The zero-order valence-electron chi connectivity index (χ0n) is 22.4. The maximum atomic E-state index is 16.6. The van der Waals surface area contributed by atoms with Gasteiger partial charge >= 0.3 is 0 Å². The van der Waals surface area contributed by atoms with Gasteiger partial charge in [-0.3, -0.25) is 14.8 Å². The smallest absolute Gasteiger partial charge is 0.226 e. The molecule has 1 atom stereocenters. The first kappa shape index (κ1) is 25.2. The summed E-state index contributed by atoms with van der Waals surface area (Å²) in [5.41, 5.74) is 8.10. The van der Waals surface area contributed by atoms with Crippen molar-refractivity contribution < 1.29 is 13.5 Å². The number of ether oxygens (including phenoxy) is 1. The molecule has 3 fully saturated rings. The molecule has 2 saturated heterocycles. The quantitative estimate of drug-likeness (QED) is 0.387. The maximum absolute atomic E-state index is 16.6. The van der Waals surface area contributed by atoms with Gasteiger partial charge < -0.3 is 15.4 Å². The molecule has 41 heavy (non-hydrogen) atoms. The standard InChI is InChI=1S/C29H28F2N8OS/c30-21-11-34-26(23-17(9-32)28(33)41-27(21)23)22-20-14-40-13-19(20)18-10-35-29(36-25(18)24(22)31)39-4-3-16(12-39)38-7-5-37(6-8-38)15-1-2-15/h10-11,15-16H,1-8,12-14,33H2/t16-/m1/s1. The highest BCUT2D eigenvalue weighted by Crippen LogP contribution is 2.45. The largest absolute Gasteiger partial charge is 0.389 e. The second-order valence-electron chi connectivity index (χ2n) is 11.4. The zero-order valence-corrected chi connectivity index (χ0v) is 23.2. The van der Waals surface area contributed by atoms with Crippen LogP contribution >= 0.6 is 11.3 Å². The molecule has 4 aliphatic rings. The van der Waals surface area contributed by atoms with E-state index in [1.165, 1.54) is 12.8 Å². The summed E-state index contributed by atoms with van der Waals surface area (Å²) in [5, 5.41) is 10.8. The number of pyridine rings is 1. The van der Waals surface area contributed by atoms with Crippen LogP contribution in [0.3, 0.4) is 0 Å². The summed E-state index contributed by atoms with van der Waals surface area (Å²) >= 11 is 0.965. The fourth-order valence-electron chi connectivity index (χ4n) is 6.82. The molecule has 1 saturated carbocycles. The van der Waals surface area contributed by atoms with Crippen LogP contribution in [0.1, 0.15) is 36.0 Å². The number of aromatic nitrogens is 3. The third-order valence-corrected chi connectivity index (χ3v) is 10.1. The number of nitrogens with zero attached hydrogens (tertiary/aromatic N) is 7. The van der Waals surface area contributed by atoms with E-state index < -0.39 is 11.6 Å². The molecule has 9 nitrogen and oxygen atoms in total. The number of rotatable bonds is 4. The molecule has 0 spiro atoms. The molecule has 3 aromatic heterocycles. The minimum Gasteiger partial charge on any atom is -0.389 e. The average Bonchev–Trinajstić information content (AvgIpc) is 3.36. The van der Waals surface area contributed by atoms with Gasteiger partial charge in [-0.2, -0.15) is 5.26 Å². The van der Waals surface area contributed by atoms with Crippen molar-refractivity contribution in [2.75, 3.05) is 49.9 Å². The Labute approximate surface area is 239 Å². The Kier molecular flexibility index (Phi) is 5.86. The third kappa shape index (κ3) is 3.98. The van der Waals surface area contributed by atoms with Gasteiger partial charge in [0.2, 0.25) is 5.95 Å². The van der Waals surface area contributed by atoms with Gasteiger partial charge in [0.25, 0.3) is 0 Å². The number of nitrogen functional groups attached to an aromatic ring is 1. The van der Waals surface area contributed by atoms with Crippen molar-refractivity contribution in [3.8, 4) is 17.3 Å². The van der Waals surface area contributed by atoms with Gasteiger partial charge in [-0.05, 0) is 30.4 Å². The first-order valence-corrected chi connectivity index (χ1v) is 14.9. The van der Waals surface area contributed by atoms with Crippen LogP contribution < -0.4 is 10.6 Å². The van der Waals surface area contributed by atoms with Gasteiger partial charge in [0.05, 0.1) is 35.4 Å². The predicted molar refractivity (Wildman–Crippen MR) is 152 cm³/mol. The first-order valence-electron chi connectivity index (χ1n) is 14.1. The van der Waals surface area contributed by atoms with E-state index in [-0.39, 0.29) is 50.6 Å². The highest BCUT2D eigenvalue weighted by atomic mass is 32.1. The molecular formula is C29H28F2N8OS. The van der Waals surface area contributed by atoms with Crippen molar-refractivity contribution in [3.05, 3.63) is 40.7 Å². The molecule has 3 aliphatic heterocycles. The van der Waals surface area contributed by atoms with Crippen LogP contribution in [-0.2, 0) is 18.0 Å². The molecule has 1 aliphatic carbocycles. The molecule has 12 heteroatoms. The number of benzene rings is 1. The molecule has 0 bridgehead atoms. The van der Waals surface area contributed by atoms with Crippen molar-refractivity contribution in [1.82, 2.24) is 24.8 Å². The van der Waals surface area contributed by atoms with Gasteiger partial charge in [-0.15, -0.1) is 11.3 Å². The lowest BCUT2D eigenvalue weighted by Gasteiger charge is -2.38. The van der Waals surface area contributed by atoms with Crippen molar-refractivity contribution >= 4 is 43.3 Å². The van der Waals surface area contributed by atoms with Crippen molar-refractivity contribution in [2.24, 2.45) is 0 Å². The summed E-state index contributed by atoms with van der Waals surface area (Å²) in [7, 11) is 0. The predicted octanol–water partition coefficient (Wildman–Crippen LogP) is 4.03. The van der Waals surface area contributed by atoms with Gasteiger partial charge in [0, 0.05) is 73.9 Å². The average molecular weight is 575 g/mol. The van der Waals surface area contributed by atoms with E-state index in [0.29, 0.717) is 22.9 Å². The monoisotopic (exact) mass is 574 g/mol. The van der Waals surface area contributed by atoms with Crippen LogP contribution in [0.5, 0.6) is 0 Å². The molecule has 1 aromatic carbocycles. The lowest BCUT2D eigenvalue weighted by molar-refractivity contribution is 0.0983. The molecule has 0 unspecified atom stereocenters. The number of fused-ring (bicyclic) bond motifs is 4. The van der Waals surface area contributed by atoms with Gasteiger partial charge in [0.1, 0.15) is 16.6 Å². The molecule has 8 rings (SSSR count). The summed E-state index contributed by atoms with van der Waals surface area (Å²) in [6.07, 6.45) is 6.45. The second-order valence-corrected chi connectivity index (χ2v) is 12.4. The Morgan fingerprint density at radius 2 is 1.73 bits per heavy atom. The van der Waals surface area contributed by atoms with Crippen LogP contribution in [0.25, 0.3) is 32.2 Å². The van der Waals surface area contributed by atoms with Crippen molar-refractivity contribution in [2.45, 2.75) is 44.6 Å². The summed E-state index contributed by atoms with van der Waals surface area (Å²) in [4.78, 5) is 21.1. The van der Waals surface area contributed by atoms with Crippen molar-refractivity contribution in [3.63, 3.8) is 0 Å². The van der Waals surface area contributed by atoms with E-state index in [0.717, 1.165) is 74.8 Å². The van der Waals surface area contributed by atoms with E-state index in [9.17, 15) is 9.65 Å². The van der Waals surface area contributed by atoms with E-state index in [4.69, 9.17) is 15.5 Å². The molecule has 210 valence electrons. The second kappa shape index (κ2) is 9.52. The summed E-state index contributed by atoms with van der Waals surface area (Å²) in [5.74, 6) is -0.679. The van der Waals surface area contributed by atoms with E-state index in [1.54, 1.807) is 6.20 Å². The Hall–Kier alpha value is -3.50. The Morgan fingerprint density at radius 3 is 2.49 bits per heavy atom. The molecule has 0 amide bonds.